The first-order valence-corrected chi connectivity index (χ1v) is 14.0. The fourth-order valence-electron chi connectivity index (χ4n) is 5.58. The molecule has 3 aromatic carbocycles. The highest BCUT2D eigenvalue weighted by Gasteiger charge is 2.42. The van der Waals surface area contributed by atoms with E-state index in [-0.39, 0.29) is 12.1 Å². The predicted octanol–water partition coefficient (Wildman–Crippen LogP) is 7.78. The van der Waals surface area contributed by atoms with Gasteiger partial charge in [-0.25, -0.2) is 0 Å². The van der Waals surface area contributed by atoms with Crippen molar-refractivity contribution < 1.29 is 9.47 Å². The smallest absolute Gasteiger partial charge is 0.174 e. The molecule has 206 valence electrons. The second kappa shape index (κ2) is 11.1. The SMILES string of the molecule is COc1ccc(-n2c(C)cc(C3C(c4ccccn4)NC(=S)N3c3ccc(Oc4ccc(C)cc4)cc3)c2C)cc1. The van der Waals surface area contributed by atoms with Crippen LogP contribution in [0, 0.1) is 20.8 Å². The Hall–Kier alpha value is -4.62. The average molecular weight is 561 g/mol. The number of pyridine rings is 1. The van der Waals surface area contributed by atoms with Crippen molar-refractivity contribution in [3.05, 3.63) is 131 Å². The lowest BCUT2D eigenvalue weighted by atomic mass is 9.96. The molecule has 0 amide bonds. The molecule has 2 unspecified atom stereocenters. The molecule has 2 aromatic heterocycles. The third kappa shape index (κ3) is 5.16. The van der Waals surface area contributed by atoms with E-state index in [2.05, 4.69) is 72.0 Å². The zero-order chi connectivity index (χ0) is 28.5. The number of rotatable bonds is 7. The number of hydrogen-bond donors (Lipinski definition) is 1. The summed E-state index contributed by atoms with van der Waals surface area (Å²) in [5.74, 6) is 2.41. The van der Waals surface area contributed by atoms with Gasteiger partial charge in [0.2, 0.25) is 0 Å². The normalized spacial score (nSPS) is 16.5. The molecule has 1 aliphatic rings. The Morgan fingerprint density at radius 2 is 1.41 bits per heavy atom. The van der Waals surface area contributed by atoms with E-state index in [1.54, 1.807) is 7.11 Å². The predicted molar refractivity (Wildman–Crippen MR) is 167 cm³/mol. The summed E-state index contributed by atoms with van der Waals surface area (Å²) >= 11 is 5.97. The van der Waals surface area contributed by atoms with Gasteiger partial charge in [0, 0.05) is 29.0 Å². The standard InChI is InChI=1S/C34H32N4O2S/c1-22-8-14-28(15-9-22)40-29-18-12-26(13-19-29)38-33(32(36-34(38)41)31-7-5-6-20-35-31)30-21-23(2)37(24(30)3)25-10-16-27(39-4)17-11-25/h5-21,32-33H,1-4H3,(H,36,41). The number of methoxy groups -OCH3 is 1. The van der Waals surface area contributed by atoms with Gasteiger partial charge in [-0.15, -0.1) is 0 Å². The van der Waals surface area contributed by atoms with Crippen molar-refractivity contribution in [2.24, 2.45) is 0 Å². The summed E-state index contributed by atoms with van der Waals surface area (Å²) in [7, 11) is 1.68. The minimum absolute atomic E-state index is 0.112. The first-order chi connectivity index (χ1) is 19.9. The first-order valence-electron chi connectivity index (χ1n) is 13.6. The zero-order valence-electron chi connectivity index (χ0n) is 23.5. The molecule has 5 aromatic rings. The zero-order valence-corrected chi connectivity index (χ0v) is 24.4. The maximum atomic E-state index is 6.09. The third-order valence-corrected chi connectivity index (χ3v) is 7.90. The lowest BCUT2D eigenvalue weighted by Gasteiger charge is -2.28. The Labute approximate surface area is 246 Å². The number of benzene rings is 3. The summed E-state index contributed by atoms with van der Waals surface area (Å²) in [6, 6.07) is 32.3. The van der Waals surface area contributed by atoms with Crippen LogP contribution >= 0.6 is 12.2 Å². The molecule has 1 saturated heterocycles. The van der Waals surface area contributed by atoms with Gasteiger partial charge in [0.05, 0.1) is 24.9 Å². The highest BCUT2D eigenvalue weighted by molar-refractivity contribution is 7.80. The van der Waals surface area contributed by atoms with Crippen LogP contribution in [0.2, 0.25) is 0 Å². The molecule has 0 aliphatic carbocycles. The fraction of sp³-hybridized carbons (Fsp3) is 0.176. The van der Waals surface area contributed by atoms with Crippen LogP contribution in [0.25, 0.3) is 5.69 Å². The summed E-state index contributed by atoms with van der Waals surface area (Å²) in [6.07, 6.45) is 1.83. The average Bonchev–Trinajstić information content (AvgIpc) is 3.49. The van der Waals surface area contributed by atoms with Crippen LogP contribution < -0.4 is 19.7 Å². The largest absolute Gasteiger partial charge is 0.497 e. The van der Waals surface area contributed by atoms with Crippen molar-refractivity contribution in [1.82, 2.24) is 14.9 Å². The van der Waals surface area contributed by atoms with Crippen LogP contribution in [0.4, 0.5) is 5.69 Å². The molecule has 0 spiro atoms. The van der Waals surface area contributed by atoms with Gasteiger partial charge in [0.15, 0.2) is 5.11 Å². The summed E-state index contributed by atoms with van der Waals surface area (Å²) in [5, 5.41) is 4.24. The van der Waals surface area contributed by atoms with Gasteiger partial charge < -0.3 is 24.3 Å². The molecular weight excluding hydrogens is 528 g/mol. The molecule has 6 nitrogen and oxygen atoms in total. The molecule has 0 radical (unpaired) electrons. The second-order valence-electron chi connectivity index (χ2n) is 10.3. The fourth-order valence-corrected chi connectivity index (χ4v) is 5.93. The van der Waals surface area contributed by atoms with Crippen LogP contribution in [0.5, 0.6) is 17.2 Å². The minimum Gasteiger partial charge on any atom is -0.497 e. The summed E-state index contributed by atoms with van der Waals surface area (Å²) < 4.78 is 13.8. The second-order valence-corrected chi connectivity index (χ2v) is 10.7. The van der Waals surface area contributed by atoms with Crippen LogP contribution in [0.15, 0.2) is 103 Å². The molecule has 6 rings (SSSR count). The van der Waals surface area contributed by atoms with E-state index in [1.807, 2.05) is 66.9 Å². The maximum Gasteiger partial charge on any atom is 0.174 e. The summed E-state index contributed by atoms with van der Waals surface area (Å²) in [5.41, 5.74) is 7.67. The van der Waals surface area contributed by atoms with E-state index < -0.39 is 0 Å². The Bertz CT molecular complexity index is 1660. The molecule has 2 atom stereocenters. The molecule has 0 bridgehead atoms. The highest BCUT2D eigenvalue weighted by atomic mass is 32.1. The summed E-state index contributed by atoms with van der Waals surface area (Å²) in [4.78, 5) is 6.91. The Balaban J connectivity index is 1.39. The van der Waals surface area contributed by atoms with Crippen molar-refractivity contribution in [2.75, 3.05) is 12.0 Å². The molecule has 1 fully saturated rings. The molecule has 41 heavy (non-hydrogen) atoms. The molecule has 0 saturated carbocycles. The van der Waals surface area contributed by atoms with Crippen molar-refractivity contribution in [2.45, 2.75) is 32.9 Å². The van der Waals surface area contributed by atoms with Crippen LogP contribution in [0.1, 0.15) is 40.3 Å². The van der Waals surface area contributed by atoms with Gasteiger partial charge in [-0.2, -0.15) is 0 Å². The lowest BCUT2D eigenvalue weighted by Crippen LogP contribution is -2.29. The molecule has 1 N–H and O–H groups in total. The van der Waals surface area contributed by atoms with E-state index in [0.29, 0.717) is 5.11 Å². The monoisotopic (exact) mass is 560 g/mol. The van der Waals surface area contributed by atoms with E-state index in [0.717, 1.165) is 45.7 Å². The van der Waals surface area contributed by atoms with Gasteiger partial charge in [-0.1, -0.05) is 23.8 Å². The van der Waals surface area contributed by atoms with Gasteiger partial charge in [-0.05, 0) is 117 Å². The van der Waals surface area contributed by atoms with E-state index in [9.17, 15) is 0 Å². The number of aryl methyl sites for hydroxylation is 2. The highest BCUT2D eigenvalue weighted by Crippen LogP contribution is 2.44. The topological polar surface area (TPSA) is 51.5 Å². The Morgan fingerprint density at radius 3 is 2.05 bits per heavy atom. The molecular formula is C34H32N4O2S. The number of nitrogens with zero attached hydrogens (tertiary/aromatic N) is 3. The number of hydrogen-bond acceptors (Lipinski definition) is 4. The number of ether oxygens (including phenoxy) is 2. The van der Waals surface area contributed by atoms with Gasteiger partial charge in [0.25, 0.3) is 0 Å². The van der Waals surface area contributed by atoms with Crippen molar-refractivity contribution >= 4 is 23.0 Å². The number of aromatic nitrogens is 2. The van der Waals surface area contributed by atoms with E-state index in [4.69, 9.17) is 26.7 Å². The first kappa shape index (κ1) is 26.6. The van der Waals surface area contributed by atoms with Crippen molar-refractivity contribution in [3.63, 3.8) is 0 Å². The number of nitrogens with one attached hydrogen (secondary N) is 1. The Kier molecular flexibility index (Phi) is 7.20. The van der Waals surface area contributed by atoms with Gasteiger partial charge in [-0.3, -0.25) is 4.98 Å². The molecule has 7 heteroatoms. The van der Waals surface area contributed by atoms with Crippen LogP contribution in [0.3, 0.4) is 0 Å². The molecule has 1 aliphatic heterocycles. The van der Waals surface area contributed by atoms with Gasteiger partial charge in [0.1, 0.15) is 17.2 Å². The van der Waals surface area contributed by atoms with E-state index >= 15 is 0 Å². The third-order valence-electron chi connectivity index (χ3n) is 7.59. The maximum absolute atomic E-state index is 6.09. The quantitative estimate of drug-likeness (QED) is 0.205. The summed E-state index contributed by atoms with van der Waals surface area (Å²) in [6.45, 7) is 6.37. The Morgan fingerprint density at radius 1 is 0.780 bits per heavy atom. The van der Waals surface area contributed by atoms with Crippen LogP contribution in [-0.4, -0.2) is 21.8 Å². The van der Waals surface area contributed by atoms with Crippen molar-refractivity contribution in [1.29, 1.82) is 0 Å². The minimum atomic E-state index is -0.128. The van der Waals surface area contributed by atoms with Gasteiger partial charge >= 0.3 is 0 Å². The van der Waals surface area contributed by atoms with Crippen molar-refractivity contribution in [3.8, 4) is 22.9 Å². The van der Waals surface area contributed by atoms with E-state index in [1.165, 1.54) is 11.1 Å². The number of anilines is 1. The molecule has 3 heterocycles. The lowest BCUT2D eigenvalue weighted by molar-refractivity contribution is 0.414. The number of thiocarbonyl (C=S) groups is 1. The van der Waals surface area contributed by atoms with Crippen LogP contribution in [-0.2, 0) is 0 Å².